The van der Waals surface area contributed by atoms with Gasteiger partial charge in [-0.1, -0.05) is 32.8 Å². The molecule has 0 radical (unpaired) electrons. The number of aromatic nitrogens is 1. The number of rotatable bonds is 7. The van der Waals surface area contributed by atoms with E-state index in [4.69, 9.17) is 4.74 Å². The van der Waals surface area contributed by atoms with E-state index in [1.54, 1.807) is 20.0 Å². The van der Waals surface area contributed by atoms with Crippen LogP contribution in [0.1, 0.15) is 39.5 Å². The van der Waals surface area contributed by atoms with Crippen LogP contribution >= 0.6 is 0 Å². The number of fused-ring (bicyclic) bond motifs is 1. The predicted molar refractivity (Wildman–Crippen MR) is 120 cm³/mol. The van der Waals surface area contributed by atoms with Gasteiger partial charge in [0.2, 0.25) is 11.8 Å². The summed E-state index contributed by atoms with van der Waals surface area (Å²) in [7, 11) is 0. The molecule has 0 N–H and O–H groups in total. The largest absolute Gasteiger partial charge is 0.459 e. The Bertz CT molecular complexity index is 799. The van der Waals surface area contributed by atoms with Gasteiger partial charge in [0, 0.05) is 38.9 Å². The van der Waals surface area contributed by atoms with Gasteiger partial charge in [0.05, 0.1) is 24.3 Å². The maximum absolute atomic E-state index is 12.9. The molecule has 3 atom stereocenters. The Morgan fingerprint density at radius 2 is 1.69 bits per heavy atom. The fourth-order valence-corrected chi connectivity index (χ4v) is 5.04. The van der Waals surface area contributed by atoms with Gasteiger partial charge in [-0.3, -0.25) is 24.2 Å². The number of likely N-dealkylation sites (tertiary alicyclic amines) is 1. The molecule has 4 rings (SSSR count). The number of hydrogen-bond donors (Lipinski definition) is 0. The van der Waals surface area contributed by atoms with Gasteiger partial charge in [0.1, 0.15) is 11.9 Å². The van der Waals surface area contributed by atoms with Crippen molar-refractivity contribution in [3.8, 4) is 0 Å². The summed E-state index contributed by atoms with van der Waals surface area (Å²) < 4.78 is 5.79. The molecule has 2 aliphatic heterocycles. The molecule has 2 saturated heterocycles. The van der Waals surface area contributed by atoms with Crippen LogP contribution in [0.15, 0.2) is 24.4 Å². The Kier molecular flexibility index (Phi) is 7.08. The molecular formula is C24H34N4O4. The fourth-order valence-electron chi connectivity index (χ4n) is 5.04. The normalized spacial score (nSPS) is 25.2. The molecule has 0 spiro atoms. The number of carbonyl (C=O) groups is 3. The Labute approximate surface area is 189 Å². The molecule has 3 heterocycles. The monoisotopic (exact) mass is 442 g/mol. The number of carbonyl (C=O) groups excluding carboxylic acids is 3. The molecule has 174 valence electrons. The molecular weight excluding hydrogens is 408 g/mol. The molecule has 8 heteroatoms. The summed E-state index contributed by atoms with van der Waals surface area (Å²) in [6, 6.07) is 5.90. The summed E-state index contributed by atoms with van der Waals surface area (Å²) in [5, 5.41) is 0. The van der Waals surface area contributed by atoms with Crippen molar-refractivity contribution >= 4 is 23.6 Å². The lowest BCUT2D eigenvalue weighted by molar-refractivity contribution is -0.158. The molecule has 0 bridgehead atoms. The van der Waals surface area contributed by atoms with Crippen molar-refractivity contribution < 1.29 is 19.1 Å². The fraction of sp³-hybridized carbons (Fsp3) is 0.667. The molecule has 2 amide bonds. The van der Waals surface area contributed by atoms with Crippen molar-refractivity contribution in [2.24, 2.45) is 17.8 Å². The Hall–Kier alpha value is -2.48. The van der Waals surface area contributed by atoms with Gasteiger partial charge in [-0.2, -0.15) is 0 Å². The maximum Gasteiger partial charge on any atom is 0.308 e. The van der Waals surface area contributed by atoms with E-state index in [2.05, 4.69) is 14.8 Å². The van der Waals surface area contributed by atoms with Gasteiger partial charge in [0.25, 0.3) is 0 Å². The van der Waals surface area contributed by atoms with Gasteiger partial charge in [-0.25, -0.2) is 4.98 Å². The predicted octanol–water partition coefficient (Wildman–Crippen LogP) is 1.95. The van der Waals surface area contributed by atoms with Crippen molar-refractivity contribution in [1.29, 1.82) is 0 Å². The van der Waals surface area contributed by atoms with E-state index in [0.717, 1.165) is 57.7 Å². The second-order valence-electron chi connectivity index (χ2n) is 9.47. The van der Waals surface area contributed by atoms with Crippen molar-refractivity contribution in [2.45, 2.75) is 45.6 Å². The highest BCUT2D eigenvalue weighted by Crippen LogP contribution is 2.38. The quantitative estimate of drug-likeness (QED) is 0.471. The third kappa shape index (κ3) is 4.95. The van der Waals surface area contributed by atoms with E-state index in [1.807, 2.05) is 18.2 Å². The van der Waals surface area contributed by atoms with Crippen molar-refractivity contribution in [3.63, 3.8) is 0 Å². The molecule has 1 aliphatic carbocycles. The van der Waals surface area contributed by atoms with Crippen LogP contribution in [0.25, 0.3) is 0 Å². The Morgan fingerprint density at radius 3 is 2.25 bits per heavy atom. The van der Waals surface area contributed by atoms with E-state index in [-0.39, 0.29) is 42.1 Å². The van der Waals surface area contributed by atoms with Gasteiger partial charge < -0.3 is 9.64 Å². The van der Waals surface area contributed by atoms with Crippen molar-refractivity contribution in [1.82, 2.24) is 14.8 Å². The molecule has 8 nitrogen and oxygen atoms in total. The van der Waals surface area contributed by atoms with Gasteiger partial charge >= 0.3 is 5.97 Å². The molecule has 1 saturated carbocycles. The minimum Gasteiger partial charge on any atom is -0.459 e. The summed E-state index contributed by atoms with van der Waals surface area (Å²) in [6.45, 7) is 7.53. The maximum atomic E-state index is 12.9. The first kappa shape index (κ1) is 22.7. The third-order valence-corrected chi connectivity index (χ3v) is 6.88. The lowest BCUT2D eigenvalue weighted by Crippen LogP contribution is -2.51. The molecule has 32 heavy (non-hydrogen) atoms. The van der Waals surface area contributed by atoms with Gasteiger partial charge in [-0.05, 0) is 25.0 Å². The van der Waals surface area contributed by atoms with E-state index < -0.39 is 6.10 Å². The highest BCUT2D eigenvalue weighted by molar-refractivity contribution is 6.05. The zero-order valence-corrected chi connectivity index (χ0v) is 19.1. The van der Waals surface area contributed by atoms with Crippen LogP contribution in [0, 0.1) is 17.8 Å². The first-order valence-electron chi connectivity index (χ1n) is 11.9. The number of anilines is 1. The smallest absolute Gasteiger partial charge is 0.308 e. The molecule has 1 aromatic rings. The number of hydrogen-bond acceptors (Lipinski definition) is 7. The Morgan fingerprint density at radius 1 is 1.03 bits per heavy atom. The van der Waals surface area contributed by atoms with E-state index in [9.17, 15) is 14.4 Å². The zero-order valence-electron chi connectivity index (χ0n) is 19.1. The molecule has 3 fully saturated rings. The number of imide groups is 1. The van der Waals surface area contributed by atoms with Crippen LogP contribution in [0.4, 0.5) is 5.82 Å². The van der Waals surface area contributed by atoms with Crippen LogP contribution in [0.5, 0.6) is 0 Å². The van der Waals surface area contributed by atoms with Crippen LogP contribution in [0.2, 0.25) is 0 Å². The zero-order chi connectivity index (χ0) is 22.7. The molecule has 1 unspecified atom stereocenters. The number of nitrogens with zero attached hydrogens (tertiary/aromatic N) is 4. The number of ether oxygens (including phenoxy) is 1. The van der Waals surface area contributed by atoms with Crippen LogP contribution in [-0.2, 0) is 19.1 Å². The summed E-state index contributed by atoms with van der Waals surface area (Å²) in [6.07, 6.45) is 4.86. The second-order valence-corrected chi connectivity index (χ2v) is 9.47. The van der Waals surface area contributed by atoms with Crippen molar-refractivity contribution in [2.75, 3.05) is 44.2 Å². The standard InChI is InChI=1S/C24H34N4O4/c1-17(2)24(31)32-18(16-28-22(29)19-7-3-4-8-20(19)23(28)30)15-26-11-13-27(14-12-26)21-9-5-6-10-25-21/h5-6,9-10,17-20H,3-4,7-8,11-16H2,1-2H3/t18?,19-,20+. The third-order valence-electron chi connectivity index (χ3n) is 6.88. The number of piperazine rings is 1. The van der Waals surface area contributed by atoms with Gasteiger partial charge in [-0.15, -0.1) is 0 Å². The number of esters is 1. The molecule has 0 aromatic carbocycles. The summed E-state index contributed by atoms with van der Waals surface area (Å²) in [5.74, 6) is -0.106. The van der Waals surface area contributed by atoms with E-state index >= 15 is 0 Å². The van der Waals surface area contributed by atoms with E-state index in [0.29, 0.717) is 6.54 Å². The number of amides is 2. The Balaban J connectivity index is 1.39. The average Bonchev–Trinajstić information content (AvgIpc) is 3.05. The SMILES string of the molecule is CC(C)C(=O)OC(CN1CCN(c2ccccn2)CC1)CN1C(=O)[C@H]2CCCC[C@H]2C1=O. The van der Waals surface area contributed by atoms with Crippen LogP contribution in [0.3, 0.4) is 0 Å². The number of pyridine rings is 1. The first-order chi connectivity index (χ1) is 15.4. The van der Waals surface area contributed by atoms with Crippen molar-refractivity contribution in [3.05, 3.63) is 24.4 Å². The van der Waals surface area contributed by atoms with Gasteiger partial charge in [0.15, 0.2) is 0 Å². The topological polar surface area (TPSA) is 83.1 Å². The lowest BCUT2D eigenvalue weighted by atomic mass is 9.81. The molecule has 3 aliphatic rings. The summed E-state index contributed by atoms with van der Waals surface area (Å²) >= 11 is 0. The van der Waals surface area contributed by atoms with E-state index in [1.165, 1.54) is 4.90 Å². The lowest BCUT2D eigenvalue weighted by Gasteiger charge is -2.37. The second kappa shape index (κ2) is 9.98. The minimum absolute atomic E-state index is 0.0785. The summed E-state index contributed by atoms with van der Waals surface area (Å²) in [5.41, 5.74) is 0. The molecule has 1 aromatic heterocycles. The average molecular weight is 443 g/mol. The van der Waals surface area contributed by atoms with Crippen LogP contribution in [-0.4, -0.2) is 77.9 Å². The van der Waals surface area contributed by atoms with Crippen LogP contribution < -0.4 is 4.90 Å². The summed E-state index contributed by atoms with van der Waals surface area (Å²) in [4.78, 5) is 48.5. The highest BCUT2D eigenvalue weighted by Gasteiger charge is 2.48. The highest BCUT2D eigenvalue weighted by atomic mass is 16.5. The first-order valence-corrected chi connectivity index (χ1v) is 11.9. The minimum atomic E-state index is -0.514.